The zero-order chi connectivity index (χ0) is 23.1. The van der Waals surface area contributed by atoms with Gasteiger partial charge in [-0.05, 0) is 29.3 Å². The number of rotatable bonds is 18. The largest absolute Gasteiger partial charge is 0.298 e. The van der Waals surface area contributed by atoms with Crippen LogP contribution in [0.4, 0.5) is 5.69 Å². The number of fused-ring (bicyclic) bond motifs is 1. The molecule has 5 heteroatoms. The number of sulfonamides is 1. The van der Waals surface area contributed by atoms with Gasteiger partial charge in [0, 0.05) is 11.3 Å². The van der Waals surface area contributed by atoms with Crippen molar-refractivity contribution in [1.82, 2.24) is 0 Å². The van der Waals surface area contributed by atoms with Gasteiger partial charge in [-0.3, -0.25) is 9.52 Å². The summed E-state index contributed by atoms with van der Waals surface area (Å²) < 4.78 is 27.5. The van der Waals surface area contributed by atoms with Gasteiger partial charge in [-0.2, -0.15) is 0 Å². The van der Waals surface area contributed by atoms with Crippen molar-refractivity contribution in [3.63, 3.8) is 0 Å². The predicted molar refractivity (Wildman–Crippen MR) is 137 cm³/mol. The Balaban J connectivity index is 1.55. The molecule has 0 aliphatic carbocycles. The summed E-state index contributed by atoms with van der Waals surface area (Å²) in [6, 6.07) is 10.7. The van der Waals surface area contributed by atoms with Crippen molar-refractivity contribution in [1.29, 1.82) is 0 Å². The minimum absolute atomic E-state index is 0.150. The van der Waals surface area contributed by atoms with Crippen LogP contribution in [0.2, 0.25) is 0 Å². The average molecular weight is 460 g/mol. The minimum Gasteiger partial charge on any atom is -0.298 e. The first kappa shape index (κ1) is 26.4. The van der Waals surface area contributed by atoms with Crippen LogP contribution in [0.1, 0.15) is 107 Å². The van der Waals surface area contributed by atoms with Crippen molar-refractivity contribution in [2.75, 3.05) is 10.5 Å². The van der Waals surface area contributed by atoms with Crippen LogP contribution in [0.3, 0.4) is 0 Å². The van der Waals surface area contributed by atoms with E-state index in [2.05, 4.69) is 11.6 Å². The molecule has 0 bridgehead atoms. The molecule has 1 N–H and O–H groups in total. The Morgan fingerprint density at radius 3 is 1.88 bits per heavy atom. The Kier molecular flexibility index (Phi) is 12.4. The van der Waals surface area contributed by atoms with E-state index >= 15 is 0 Å². The van der Waals surface area contributed by atoms with E-state index in [1.165, 1.54) is 70.6 Å². The van der Waals surface area contributed by atoms with E-state index in [0.29, 0.717) is 17.7 Å². The van der Waals surface area contributed by atoms with Gasteiger partial charge in [0.15, 0.2) is 6.29 Å². The summed E-state index contributed by atoms with van der Waals surface area (Å²) in [7, 11) is -3.35. The second-order valence-electron chi connectivity index (χ2n) is 8.92. The lowest BCUT2D eigenvalue weighted by atomic mass is 10.0. The van der Waals surface area contributed by atoms with Gasteiger partial charge < -0.3 is 0 Å². The third-order valence-electron chi connectivity index (χ3n) is 6.08. The van der Waals surface area contributed by atoms with Crippen molar-refractivity contribution >= 4 is 32.8 Å². The van der Waals surface area contributed by atoms with Crippen LogP contribution >= 0.6 is 0 Å². The van der Waals surface area contributed by atoms with Crippen LogP contribution < -0.4 is 4.72 Å². The topological polar surface area (TPSA) is 63.2 Å². The van der Waals surface area contributed by atoms with E-state index in [1.54, 1.807) is 30.3 Å². The molecule has 0 unspecified atom stereocenters. The van der Waals surface area contributed by atoms with Gasteiger partial charge in [0.05, 0.1) is 5.75 Å². The van der Waals surface area contributed by atoms with Crippen LogP contribution in [0.25, 0.3) is 10.8 Å². The average Bonchev–Trinajstić information content (AvgIpc) is 2.78. The highest BCUT2D eigenvalue weighted by molar-refractivity contribution is 7.92. The van der Waals surface area contributed by atoms with Crippen LogP contribution in [0.15, 0.2) is 36.4 Å². The van der Waals surface area contributed by atoms with Crippen molar-refractivity contribution in [2.45, 2.75) is 96.8 Å². The van der Waals surface area contributed by atoms with Crippen LogP contribution in [0, 0.1) is 0 Å². The molecule has 0 aromatic heterocycles. The SMILES string of the molecule is CCCCCCCCCCCCCCCCS(=O)(=O)Nc1ccc2c(C=O)cccc2c1. The molecule has 178 valence electrons. The summed E-state index contributed by atoms with van der Waals surface area (Å²) in [5.41, 5.74) is 1.16. The van der Waals surface area contributed by atoms with Gasteiger partial charge in [-0.25, -0.2) is 8.42 Å². The third kappa shape index (κ3) is 10.2. The number of unbranched alkanes of at least 4 members (excludes halogenated alkanes) is 13. The molecule has 0 fully saturated rings. The highest BCUT2D eigenvalue weighted by atomic mass is 32.2. The maximum absolute atomic E-state index is 12.4. The molecule has 0 aliphatic heterocycles. The lowest BCUT2D eigenvalue weighted by molar-refractivity contribution is 0.112. The van der Waals surface area contributed by atoms with Gasteiger partial charge in [0.25, 0.3) is 0 Å². The normalized spacial score (nSPS) is 11.7. The van der Waals surface area contributed by atoms with Gasteiger partial charge in [0.1, 0.15) is 0 Å². The smallest absolute Gasteiger partial charge is 0.232 e. The number of aldehydes is 1. The molecule has 2 aromatic carbocycles. The van der Waals surface area contributed by atoms with E-state index in [9.17, 15) is 13.2 Å². The second-order valence-corrected chi connectivity index (χ2v) is 10.8. The van der Waals surface area contributed by atoms with Crippen molar-refractivity contribution < 1.29 is 13.2 Å². The number of nitrogens with one attached hydrogen (secondary N) is 1. The molecule has 0 aliphatic rings. The zero-order valence-corrected chi connectivity index (χ0v) is 20.6. The number of carbonyl (C=O) groups excluding carboxylic acids is 1. The van der Waals surface area contributed by atoms with Gasteiger partial charge in [0.2, 0.25) is 10.0 Å². The fraction of sp³-hybridized carbons (Fsp3) is 0.593. The summed E-state index contributed by atoms with van der Waals surface area (Å²) in [5.74, 6) is 0.150. The fourth-order valence-corrected chi connectivity index (χ4v) is 5.36. The molecule has 0 radical (unpaired) electrons. The van der Waals surface area contributed by atoms with Crippen molar-refractivity contribution in [3.05, 3.63) is 42.0 Å². The molecule has 0 amide bonds. The van der Waals surface area contributed by atoms with Gasteiger partial charge in [-0.1, -0.05) is 115 Å². The molecule has 0 heterocycles. The van der Waals surface area contributed by atoms with Gasteiger partial charge in [-0.15, -0.1) is 0 Å². The van der Waals surface area contributed by atoms with E-state index in [4.69, 9.17) is 0 Å². The second kappa shape index (κ2) is 15.0. The Bertz CT molecular complexity index is 908. The first-order chi connectivity index (χ1) is 15.6. The molecular formula is C27H41NO3S. The van der Waals surface area contributed by atoms with E-state index in [-0.39, 0.29) is 5.75 Å². The first-order valence-corrected chi connectivity index (χ1v) is 14.2. The molecule has 32 heavy (non-hydrogen) atoms. The summed E-state index contributed by atoms with van der Waals surface area (Å²) in [6.07, 6.45) is 18.3. The standard InChI is InChI=1S/C27H41NO3S/c1-2-3-4-5-6-7-8-9-10-11-12-13-14-15-21-32(30,31)28-26-19-20-27-24(22-26)17-16-18-25(27)23-29/h16-20,22-23,28H,2-15,21H2,1H3. The zero-order valence-electron chi connectivity index (χ0n) is 19.8. The maximum atomic E-state index is 12.4. The van der Waals surface area contributed by atoms with E-state index < -0.39 is 10.0 Å². The van der Waals surface area contributed by atoms with Crippen molar-refractivity contribution in [3.8, 4) is 0 Å². The van der Waals surface area contributed by atoms with Gasteiger partial charge >= 0.3 is 0 Å². The summed E-state index contributed by atoms with van der Waals surface area (Å²) in [6.45, 7) is 2.26. The van der Waals surface area contributed by atoms with E-state index in [0.717, 1.165) is 29.9 Å². The molecular weight excluding hydrogens is 418 g/mol. The highest BCUT2D eigenvalue weighted by Gasteiger charge is 2.11. The summed E-state index contributed by atoms with van der Waals surface area (Å²) in [5, 5.41) is 1.68. The molecule has 2 rings (SSSR count). The Hall–Kier alpha value is -1.88. The minimum atomic E-state index is -3.35. The lowest BCUT2D eigenvalue weighted by Gasteiger charge is -2.10. The monoisotopic (exact) mass is 459 g/mol. The lowest BCUT2D eigenvalue weighted by Crippen LogP contribution is -2.16. The molecule has 2 aromatic rings. The van der Waals surface area contributed by atoms with Crippen LogP contribution in [-0.4, -0.2) is 20.5 Å². The van der Waals surface area contributed by atoms with E-state index in [1.807, 2.05) is 6.07 Å². The third-order valence-corrected chi connectivity index (χ3v) is 7.45. The first-order valence-electron chi connectivity index (χ1n) is 12.5. The number of hydrogen-bond acceptors (Lipinski definition) is 3. The maximum Gasteiger partial charge on any atom is 0.232 e. The molecule has 0 saturated heterocycles. The Morgan fingerprint density at radius 2 is 1.31 bits per heavy atom. The van der Waals surface area contributed by atoms with Crippen LogP contribution in [0.5, 0.6) is 0 Å². The molecule has 0 spiro atoms. The molecule has 4 nitrogen and oxygen atoms in total. The number of carbonyl (C=O) groups is 1. The quantitative estimate of drug-likeness (QED) is 0.182. The Morgan fingerprint density at radius 1 is 0.750 bits per heavy atom. The Labute approximate surface area is 195 Å². The van der Waals surface area contributed by atoms with Crippen molar-refractivity contribution in [2.24, 2.45) is 0 Å². The summed E-state index contributed by atoms with van der Waals surface area (Å²) >= 11 is 0. The summed E-state index contributed by atoms with van der Waals surface area (Å²) in [4.78, 5) is 11.1. The predicted octanol–water partition coefficient (Wildman–Crippen LogP) is 7.88. The fourth-order valence-electron chi connectivity index (χ4n) is 4.19. The molecule has 0 saturated carbocycles. The van der Waals surface area contributed by atoms with Crippen LogP contribution in [-0.2, 0) is 10.0 Å². The number of benzene rings is 2. The molecule has 0 atom stereocenters. The number of anilines is 1. The number of hydrogen-bond donors (Lipinski definition) is 1. The highest BCUT2D eigenvalue weighted by Crippen LogP contribution is 2.23.